The van der Waals surface area contributed by atoms with E-state index in [2.05, 4.69) is 15.0 Å². The van der Waals surface area contributed by atoms with E-state index in [0.717, 1.165) is 17.8 Å². The summed E-state index contributed by atoms with van der Waals surface area (Å²) in [6.07, 6.45) is -2.31. The number of anilines is 1. The van der Waals surface area contributed by atoms with Crippen molar-refractivity contribution in [3.05, 3.63) is 71.3 Å². The van der Waals surface area contributed by atoms with Crippen LogP contribution in [0.4, 0.5) is 29.1 Å². The molecule has 0 atom stereocenters. The molecule has 0 radical (unpaired) electrons. The third kappa shape index (κ3) is 7.34. The van der Waals surface area contributed by atoms with Gasteiger partial charge in [-0.15, -0.1) is 0 Å². The number of aromatic nitrogens is 2. The Kier molecular flexibility index (Phi) is 9.51. The van der Waals surface area contributed by atoms with Gasteiger partial charge in [0.25, 0.3) is 0 Å². The fourth-order valence-corrected chi connectivity index (χ4v) is 3.58. The lowest BCUT2D eigenvalue weighted by atomic mass is 10.0. The largest absolute Gasteiger partial charge is 0.416 e. The molecule has 7 nitrogen and oxygen atoms in total. The number of amidine groups is 1. The summed E-state index contributed by atoms with van der Waals surface area (Å²) in [4.78, 5) is 27.2. The standard InChI is InChI=1S/C21H22F4N4O2.C6H7N/c1-13-10-18(29-6-8-31-9-7-29)27-20(19(13)26-14(2)28(3)12-30)16-5-4-15(11-17(16)22)21(23,24)25;1-6-4-2-3-5-7-6/h4-5,10-12H,6-9H2,1-3H3;2-5H,1H3. The van der Waals surface area contributed by atoms with Gasteiger partial charge in [0.15, 0.2) is 0 Å². The van der Waals surface area contributed by atoms with Crippen molar-refractivity contribution in [1.29, 1.82) is 0 Å². The van der Waals surface area contributed by atoms with Gasteiger partial charge in [0.05, 0.1) is 24.5 Å². The fourth-order valence-electron chi connectivity index (χ4n) is 3.58. The van der Waals surface area contributed by atoms with Crippen LogP contribution in [0.25, 0.3) is 11.3 Å². The average Bonchev–Trinajstić information content (AvgIpc) is 2.90. The minimum atomic E-state index is -4.66. The van der Waals surface area contributed by atoms with Crippen molar-refractivity contribution in [1.82, 2.24) is 14.9 Å². The highest BCUT2D eigenvalue weighted by molar-refractivity contribution is 5.92. The Balaban J connectivity index is 0.000000494. The minimum Gasteiger partial charge on any atom is -0.378 e. The molecule has 1 aliphatic rings. The summed E-state index contributed by atoms with van der Waals surface area (Å²) < 4.78 is 59.1. The lowest BCUT2D eigenvalue weighted by Crippen LogP contribution is -2.36. The monoisotopic (exact) mass is 531 g/mol. The van der Waals surface area contributed by atoms with Crippen LogP contribution in [0.3, 0.4) is 0 Å². The maximum atomic E-state index is 14.8. The van der Waals surface area contributed by atoms with Crippen molar-refractivity contribution < 1.29 is 27.1 Å². The molecule has 0 bridgehead atoms. The van der Waals surface area contributed by atoms with Gasteiger partial charge in [0.1, 0.15) is 23.2 Å². The Morgan fingerprint density at radius 2 is 1.84 bits per heavy atom. The van der Waals surface area contributed by atoms with E-state index in [1.165, 1.54) is 11.9 Å². The van der Waals surface area contributed by atoms with Crippen molar-refractivity contribution in [2.75, 3.05) is 38.3 Å². The molecular formula is C27H29F4N5O2. The fraction of sp³-hybridized carbons (Fsp3) is 0.333. The van der Waals surface area contributed by atoms with Crippen molar-refractivity contribution in [3.8, 4) is 11.3 Å². The van der Waals surface area contributed by atoms with E-state index in [9.17, 15) is 22.4 Å². The zero-order valence-electron chi connectivity index (χ0n) is 21.6. The number of hydrogen-bond acceptors (Lipinski definition) is 6. The van der Waals surface area contributed by atoms with Gasteiger partial charge < -0.3 is 14.5 Å². The molecule has 0 N–H and O–H groups in total. The van der Waals surface area contributed by atoms with Crippen LogP contribution in [0.2, 0.25) is 0 Å². The molecule has 1 fully saturated rings. The molecular weight excluding hydrogens is 502 g/mol. The average molecular weight is 532 g/mol. The molecule has 2 aromatic heterocycles. The summed E-state index contributed by atoms with van der Waals surface area (Å²) in [5.41, 5.74) is 0.906. The molecule has 0 unspecified atom stereocenters. The number of nitrogens with zero attached hydrogens (tertiary/aromatic N) is 5. The van der Waals surface area contributed by atoms with E-state index in [4.69, 9.17) is 4.74 Å². The van der Waals surface area contributed by atoms with Gasteiger partial charge in [-0.25, -0.2) is 14.4 Å². The first-order valence-corrected chi connectivity index (χ1v) is 11.8. The number of aliphatic imine (C=N–C) groups is 1. The highest BCUT2D eigenvalue weighted by atomic mass is 19.4. The van der Waals surface area contributed by atoms with Crippen LogP contribution in [0.5, 0.6) is 0 Å². The molecule has 38 heavy (non-hydrogen) atoms. The van der Waals surface area contributed by atoms with Gasteiger partial charge in [0, 0.05) is 37.6 Å². The third-order valence-corrected chi connectivity index (χ3v) is 5.81. The lowest BCUT2D eigenvalue weighted by molar-refractivity contribution is -0.137. The first kappa shape index (κ1) is 28.7. The van der Waals surface area contributed by atoms with Crippen LogP contribution in [0.15, 0.2) is 53.7 Å². The lowest BCUT2D eigenvalue weighted by Gasteiger charge is -2.29. The van der Waals surface area contributed by atoms with Gasteiger partial charge >= 0.3 is 6.18 Å². The van der Waals surface area contributed by atoms with E-state index in [0.29, 0.717) is 56.0 Å². The quantitative estimate of drug-likeness (QED) is 0.190. The van der Waals surface area contributed by atoms with Gasteiger partial charge in [0.2, 0.25) is 6.41 Å². The normalized spacial score (nSPS) is 14.0. The van der Waals surface area contributed by atoms with E-state index in [-0.39, 0.29) is 16.9 Å². The second-order valence-electron chi connectivity index (χ2n) is 8.63. The number of carbonyl (C=O) groups is 1. The summed E-state index contributed by atoms with van der Waals surface area (Å²) in [5, 5.41) is 0. The number of aryl methyl sites for hydroxylation is 2. The summed E-state index contributed by atoms with van der Waals surface area (Å²) in [6, 6.07) is 9.96. The van der Waals surface area contributed by atoms with Crippen molar-refractivity contribution in [2.45, 2.75) is 26.9 Å². The number of hydrogen-bond donors (Lipinski definition) is 0. The number of amides is 1. The molecule has 0 saturated carbocycles. The predicted molar refractivity (Wildman–Crippen MR) is 138 cm³/mol. The maximum absolute atomic E-state index is 14.8. The molecule has 0 spiro atoms. The van der Waals surface area contributed by atoms with Gasteiger partial charge in [-0.2, -0.15) is 13.2 Å². The second-order valence-corrected chi connectivity index (χ2v) is 8.63. The highest BCUT2D eigenvalue weighted by Gasteiger charge is 2.32. The molecule has 3 aromatic rings. The van der Waals surface area contributed by atoms with Crippen LogP contribution in [0, 0.1) is 19.7 Å². The summed E-state index contributed by atoms with van der Waals surface area (Å²) in [7, 11) is 1.51. The Morgan fingerprint density at radius 1 is 1.13 bits per heavy atom. The minimum absolute atomic E-state index is 0.103. The Morgan fingerprint density at radius 3 is 2.37 bits per heavy atom. The zero-order chi connectivity index (χ0) is 27.9. The molecule has 3 heterocycles. The van der Waals surface area contributed by atoms with E-state index >= 15 is 0 Å². The number of rotatable bonds is 4. The van der Waals surface area contributed by atoms with E-state index < -0.39 is 17.6 Å². The highest BCUT2D eigenvalue weighted by Crippen LogP contribution is 2.38. The first-order chi connectivity index (χ1) is 18.0. The number of pyridine rings is 2. The number of ether oxygens (including phenoxy) is 1. The van der Waals surface area contributed by atoms with Crippen LogP contribution in [-0.4, -0.2) is 60.5 Å². The number of benzene rings is 1. The summed E-state index contributed by atoms with van der Waals surface area (Å²) in [6.45, 7) is 7.50. The maximum Gasteiger partial charge on any atom is 0.416 e. The van der Waals surface area contributed by atoms with Gasteiger partial charge in [-0.1, -0.05) is 6.07 Å². The van der Waals surface area contributed by atoms with Crippen LogP contribution >= 0.6 is 0 Å². The second kappa shape index (κ2) is 12.6. The number of alkyl halides is 3. The summed E-state index contributed by atoms with van der Waals surface area (Å²) in [5.74, 6) is -0.179. The third-order valence-electron chi connectivity index (χ3n) is 5.81. The molecule has 1 amide bonds. The molecule has 11 heteroatoms. The smallest absolute Gasteiger partial charge is 0.378 e. The Bertz CT molecular complexity index is 1280. The Labute approximate surface area is 218 Å². The first-order valence-electron chi connectivity index (χ1n) is 11.8. The van der Waals surface area contributed by atoms with Gasteiger partial charge in [-0.3, -0.25) is 9.78 Å². The van der Waals surface area contributed by atoms with Crippen LogP contribution in [-0.2, 0) is 15.7 Å². The SMILES string of the molecule is CC(=Nc1c(C)cc(N2CCOCC2)nc1-c1ccc(C(F)(F)F)cc1F)N(C)C=O.Cc1ccccn1. The number of carbonyl (C=O) groups excluding carboxylic acids is 1. The van der Waals surface area contributed by atoms with Crippen molar-refractivity contribution >= 4 is 23.8 Å². The number of halogens is 4. The molecule has 1 aromatic carbocycles. The van der Waals surface area contributed by atoms with E-state index in [1.807, 2.05) is 30.0 Å². The van der Waals surface area contributed by atoms with Gasteiger partial charge in [-0.05, 0) is 62.7 Å². The Hall–Kier alpha value is -3.86. The molecule has 1 saturated heterocycles. The zero-order valence-corrected chi connectivity index (χ0v) is 21.6. The molecule has 1 aliphatic heterocycles. The summed E-state index contributed by atoms with van der Waals surface area (Å²) >= 11 is 0. The number of morpholine rings is 1. The molecule has 202 valence electrons. The van der Waals surface area contributed by atoms with Crippen LogP contribution < -0.4 is 4.90 Å². The van der Waals surface area contributed by atoms with Crippen molar-refractivity contribution in [3.63, 3.8) is 0 Å². The van der Waals surface area contributed by atoms with E-state index in [1.54, 1.807) is 26.1 Å². The topological polar surface area (TPSA) is 70.9 Å². The predicted octanol–water partition coefficient (Wildman–Crippen LogP) is 5.58. The molecule has 0 aliphatic carbocycles. The molecule has 4 rings (SSSR count). The van der Waals surface area contributed by atoms with Crippen molar-refractivity contribution in [2.24, 2.45) is 4.99 Å². The van der Waals surface area contributed by atoms with Crippen LogP contribution in [0.1, 0.15) is 23.7 Å².